The van der Waals surface area contributed by atoms with Gasteiger partial charge < -0.3 is 0 Å². The molecule has 0 rings (SSSR count). The fourth-order valence-corrected chi connectivity index (χ4v) is 2.78. The number of rotatable bonds is 11. The molecule has 97 valence electrons. The molecular formula is C16H33. The molecule has 0 saturated heterocycles. The number of hydrogen-bond donors (Lipinski definition) is 0. The van der Waals surface area contributed by atoms with E-state index in [1.165, 1.54) is 64.2 Å². The normalized spacial score (nSPS) is 12.0. The molecule has 0 bridgehead atoms. The predicted octanol–water partition coefficient (Wildman–Crippen LogP) is 6.16. The van der Waals surface area contributed by atoms with Crippen LogP contribution in [-0.4, -0.2) is 0 Å². The fraction of sp³-hybridized carbons (Fsp3) is 0.938. The molecule has 0 aromatic heterocycles. The second-order valence-electron chi connectivity index (χ2n) is 5.41. The Balaban J connectivity index is 4.09. The van der Waals surface area contributed by atoms with Gasteiger partial charge in [-0.25, -0.2) is 0 Å². The Bertz CT molecular complexity index is 127. The van der Waals surface area contributed by atoms with Gasteiger partial charge in [-0.15, -0.1) is 0 Å². The van der Waals surface area contributed by atoms with Gasteiger partial charge in [0.1, 0.15) is 0 Å². The Hall–Kier alpha value is 0. The molecule has 0 heteroatoms. The smallest absolute Gasteiger partial charge is 0.0298 e. The molecule has 0 N–H and O–H groups in total. The van der Waals surface area contributed by atoms with Crippen molar-refractivity contribution in [3.05, 3.63) is 6.92 Å². The zero-order valence-electron chi connectivity index (χ0n) is 12.0. The van der Waals surface area contributed by atoms with Crippen molar-refractivity contribution in [2.75, 3.05) is 0 Å². The lowest BCUT2D eigenvalue weighted by Crippen LogP contribution is -2.20. The average molecular weight is 225 g/mol. The fourth-order valence-electron chi connectivity index (χ4n) is 2.78. The third kappa shape index (κ3) is 6.55. The molecule has 0 heterocycles. The second kappa shape index (κ2) is 10.2. The zero-order valence-corrected chi connectivity index (χ0v) is 12.0. The minimum absolute atomic E-state index is 0.582. The summed E-state index contributed by atoms with van der Waals surface area (Å²) in [4.78, 5) is 0. The molecule has 1 radical (unpaired) electrons. The van der Waals surface area contributed by atoms with Crippen LogP contribution < -0.4 is 0 Å². The summed E-state index contributed by atoms with van der Waals surface area (Å²) in [6, 6.07) is 0. The highest BCUT2D eigenvalue weighted by Crippen LogP contribution is 2.39. The summed E-state index contributed by atoms with van der Waals surface area (Å²) in [6.45, 7) is 11.1. The predicted molar refractivity (Wildman–Crippen MR) is 75.6 cm³/mol. The largest absolute Gasteiger partial charge is 0.0654 e. The van der Waals surface area contributed by atoms with Crippen LogP contribution >= 0.6 is 0 Å². The van der Waals surface area contributed by atoms with E-state index < -0.39 is 0 Å². The molecule has 0 saturated carbocycles. The highest BCUT2D eigenvalue weighted by atomic mass is 14.3. The van der Waals surface area contributed by atoms with Gasteiger partial charge in [0.15, 0.2) is 0 Å². The Morgan fingerprint density at radius 3 is 1.50 bits per heavy atom. The van der Waals surface area contributed by atoms with E-state index >= 15 is 0 Å². The SMILES string of the molecule is [CH2]CC(CCC)(CCCCC)CCCCC. The van der Waals surface area contributed by atoms with Crippen molar-refractivity contribution >= 4 is 0 Å². The van der Waals surface area contributed by atoms with Crippen LogP contribution in [0.4, 0.5) is 0 Å². The first-order valence-corrected chi connectivity index (χ1v) is 7.54. The molecule has 0 nitrogen and oxygen atoms in total. The molecule has 0 fully saturated rings. The summed E-state index contributed by atoms with van der Waals surface area (Å²) >= 11 is 0. The van der Waals surface area contributed by atoms with E-state index in [2.05, 4.69) is 27.7 Å². The molecule has 0 atom stereocenters. The molecule has 0 unspecified atom stereocenters. The number of unbranched alkanes of at least 4 members (excludes halogenated alkanes) is 4. The third-order valence-corrected chi connectivity index (χ3v) is 3.93. The lowest BCUT2D eigenvalue weighted by Gasteiger charge is -2.33. The van der Waals surface area contributed by atoms with Crippen LogP contribution in [0, 0.1) is 12.3 Å². The van der Waals surface area contributed by atoms with Gasteiger partial charge in [0.25, 0.3) is 0 Å². The lowest BCUT2D eigenvalue weighted by molar-refractivity contribution is 0.203. The first kappa shape index (κ1) is 16.0. The van der Waals surface area contributed by atoms with E-state index in [1.807, 2.05) is 0 Å². The van der Waals surface area contributed by atoms with Gasteiger partial charge in [0.2, 0.25) is 0 Å². The van der Waals surface area contributed by atoms with Crippen LogP contribution in [-0.2, 0) is 0 Å². The van der Waals surface area contributed by atoms with Crippen LogP contribution in [0.2, 0.25) is 0 Å². The average Bonchev–Trinajstić information content (AvgIpc) is 2.29. The van der Waals surface area contributed by atoms with Crippen molar-refractivity contribution in [3.63, 3.8) is 0 Å². The van der Waals surface area contributed by atoms with E-state index in [0.717, 1.165) is 6.42 Å². The van der Waals surface area contributed by atoms with Crippen LogP contribution in [0.25, 0.3) is 0 Å². The highest BCUT2D eigenvalue weighted by Gasteiger charge is 2.25. The van der Waals surface area contributed by atoms with Gasteiger partial charge in [0.05, 0.1) is 0 Å². The maximum absolute atomic E-state index is 4.23. The highest BCUT2D eigenvalue weighted by molar-refractivity contribution is 4.80. The monoisotopic (exact) mass is 225 g/mol. The molecule has 0 aromatic carbocycles. The van der Waals surface area contributed by atoms with E-state index in [-0.39, 0.29) is 0 Å². The Morgan fingerprint density at radius 1 is 0.688 bits per heavy atom. The molecule has 0 aromatic rings. The first-order valence-electron chi connectivity index (χ1n) is 7.54. The van der Waals surface area contributed by atoms with Crippen molar-refractivity contribution in [1.82, 2.24) is 0 Å². The quantitative estimate of drug-likeness (QED) is 0.369. The molecule has 16 heavy (non-hydrogen) atoms. The minimum atomic E-state index is 0.582. The summed E-state index contributed by atoms with van der Waals surface area (Å²) in [5, 5.41) is 0. The van der Waals surface area contributed by atoms with E-state index in [4.69, 9.17) is 0 Å². The second-order valence-corrected chi connectivity index (χ2v) is 5.41. The molecule has 0 aliphatic rings. The minimum Gasteiger partial charge on any atom is -0.0654 e. The van der Waals surface area contributed by atoms with Gasteiger partial charge in [-0.1, -0.05) is 72.6 Å². The van der Waals surface area contributed by atoms with Crippen LogP contribution in [0.15, 0.2) is 0 Å². The molecule has 0 aliphatic carbocycles. The Kier molecular flexibility index (Phi) is 10.2. The van der Waals surface area contributed by atoms with Crippen LogP contribution in [0.3, 0.4) is 0 Å². The zero-order chi connectivity index (χ0) is 12.3. The van der Waals surface area contributed by atoms with Gasteiger partial charge >= 0.3 is 0 Å². The molecule has 0 aliphatic heterocycles. The van der Waals surface area contributed by atoms with Crippen molar-refractivity contribution < 1.29 is 0 Å². The summed E-state index contributed by atoms with van der Waals surface area (Å²) in [5.41, 5.74) is 0.582. The van der Waals surface area contributed by atoms with Gasteiger partial charge in [-0.3, -0.25) is 0 Å². The van der Waals surface area contributed by atoms with Gasteiger partial charge in [-0.05, 0) is 31.1 Å². The maximum Gasteiger partial charge on any atom is -0.0298 e. The van der Waals surface area contributed by atoms with Crippen molar-refractivity contribution in [2.24, 2.45) is 5.41 Å². The molecule has 0 spiro atoms. The number of hydrogen-bond acceptors (Lipinski definition) is 0. The van der Waals surface area contributed by atoms with E-state index in [0.29, 0.717) is 5.41 Å². The van der Waals surface area contributed by atoms with E-state index in [1.54, 1.807) is 0 Å². The Morgan fingerprint density at radius 2 is 1.19 bits per heavy atom. The van der Waals surface area contributed by atoms with Crippen LogP contribution in [0.5, 0.6) is 0 Å². The standard InChI is InChI=1S/C16H33/c1-5-9-11-14-16(8-4,13-7-3)15-12-10-6-2/h4-15H2,1-3H3. The van der Waals surface area contributed by atoms with Crippen molar-refractivity contribution in [3.8, 4) is 0 Å². The summed E-state index contributed by atoms with van der Waals surface area (Å²) < 4.78 is 0. The topological polar surface area (TPSA) is 0 Å². The summed E-state index contributed by atoms with van der Waals surface area (Å²) in [5.74, 6) is 0. The maximum atomic E-state index is 4.23. The summed E-state index contributed by atoms with van der Waals surface area (Å²) in [6.07, 6.45) is 15.0. The van der Waals surface area contributed by atoms with E-state index in [9.17, 15) is 0 Å². The van der Waals surface area contributed by atoms with Gasteiger partial charge in [-0.2, -0.15) is 0 Å². The molecule has 0 amide bonds. The third-order valence-electron chi connectivity index (χ3n) is 3.93. The Labute approximate surface area is 104 Å². The first-order chi connectivity index (χ1) is 7.74. The summed E-state index contributed by atoms with van der Waals surface area (Å²) in [7, 11) is 0. The van der Waals surface area contributed by atoms with Crippen molar-refractivity contribution in [2.45, 2.75) is 91.4 Å². The van der Waals surface area contributed by atoms with Crippen LogP contribution in [0.1, 0.15) is 91.4 Å². The molecular weight excluding hydrogens is 192 g/mol. The lowest BCUT2D eigenvalue weighted by atomic mass is 9.73. The van der Waals surface area contributed by atoms with Crippen molar-refractivity contribution in [1.29, 1.82) is 0 Å². The van der Waals surface area contributed by atoms with Gasteiger partial charge in [0, 0.05) is 0 Å².